The molecule has 106 valence electrons. The fourth-order valence-electron chi connectivity index (χ4n) is 2.47. The van der Waals surface area contributed by atoms with Crippen LogP contribution < -0.4 is 14.8 Å². The molecule has 4 rings (SSSR count). The maximum Gasteiger partial charge on any atom is 0.231 e. The zero-order valence-corrected chi connectivity index (χ0v) is 11.6. The number of ether oxygens (including phenoxy) is 2. The van der Waals surface area contributed by atoms with Gasteiger partial charge in [0.05, 0.1) is 5.69 Å². The van der Waals surface area contributed by atoms with Crippen molar-refractivity contribution in [3.8, 4) is 11.5 Å². The molecule has 0 aliphatic carbocycles. The number of aromatic nitrogens is 4. The summed E-state index contributed by atoms with van der Waals surface area (Å²) in [5, 5.41) is 7.66. The van der Waals surface area contributed by atoms with E-state index < -0.39 is 0 Å². The predicted molar refractivity (Wildman–Crippen MR) is 76.9 cm³/mol. The molecule has 3 heterocycles. The van der Waals surface area contributed by atoms with E-state index >= 15 is 0 Å². The van der Waals surface area contributed by atoms with Crippen molar-refractivity contribution in [3.05, 3.63) is 30.2 Å². The molecular weight excluding hydrogens is 270 g/mol. The SMILES string of the molecule is Cc1nn(C)c2c(Nc3ccc4c(c3)OCO4)ncnc12. The molecule has 7 nitrogen and oxygen atoms in total. The minimum absolute atomic E-state index is 0.261. The predicted octanol–water partition coefficient (Wildman–Crippen LogP) is 2.14. The summed E-state index contributed by atoms with van der Waals surface area (Å²) in [6.07, 6.45) is 1.53. The van der Waals surface area contributed by atoms with Crippen LogP contribution in [0.5, 0.6) is 11.5 Å². The monoisotopic (exact) mass is 283 g/mol. The molecule has 0 saturated carbocycles. The van der Waals surface area contributed by atoms with Crippen LogP contribution in [-0.2, 0) is 7.05 Å². The number of fused-ring (bicyclic) bond motifs is 2. The molecule has 0 radical (unpaired) electrons. The molecule has 0 bridgehead atoms. The van der Waals surface area contributed by atoms with E-state index in [1.165, 1.54) is 6.33 Å². The third-order valence-electron chi connectivity index (χ3n) is 3.42. The topological polar surface area (TPSA) is 74.1 Å². The standard InChI is InChI=1S/C14H13N5O2/c1-8-12-13(19(2)18-8)14(16-6-15-12)17-9-3-4-10-11(5-9)21-7-20-10/h3-6H,7H2,1-2H3,(H,15,16,17). The van der Waals surface area contributed by atoms with Crippen molar-refractivity contribution in [3.63, 3.8) is 0 Å². The lowest BCUT2D eigenvalue weighted by Crippen LogP contribution is -1.99. The van der Waals surface area contributed by atoms with E-state index in [0.717, 1.165) is 33.9 Å². The Morgan fingerprint density at radius 3 is 2.95 bits per heavy atom. The van der Waals surface area contributed by atoms with Gasteiger partial charge in [-0.25, -0.2) is 9.97 Å². The zero-order valence-electron chi connectivity index (χ0n) is 11.6. The number of nitrogens with one attached hydrogen (secondary N) is 1. The normalized spacial score (nSPS) is 12.9. The highest BCUT2D eigenvalue weighted by atomic mass is 16.7. The molecule has 0 saturated heterocycles. The molecule has 0 amide bonds. The van der Waals surface area contributed by atoms with Gasteiger partial charge in [-0.1, -0.05) is 0 Å². The number of benzene rings is 1. The van der Waals surface area contributed by atoms with Crippen molar-refractivity contribution in [2.45, 2.75) is 6.92 Å². The Morgan fingerprint density at radius 1 is 1.19 bits per heavy atom. The average molecular weight is 283 g/mol. The Hall–Kier alpha value is -2.83. The first-order valence-corrected chi connectivity index (χ1v) is 6.53. The van der Waals surface area contributed by atoms with E-state index in [9.17, 15) is 0 Å². The minimum atomic E-state index is 0.261. The Kier molecular flexibility index (Phi) is 2.47. The molecule has 0 unspecified atom stereocenters. The Balaban J connectivity index is 1.78. The van der Waals surface area contributed by atoms with E-state index in [4.69, 9.17) is 9.47 Å². The molecule has 0 fully saturated rings. The summed E-state index contributed by atoms with van der Waals surface area (Å²) in [4.78, 5) is 8.60. The molecule has 1 aromatic carbocycles. The third kappa shape index (κ3) is 1.85. The van der Waals surface area contributed by atoms with Crippen molar-refractivity contribution < 1.29 is 9.47 Å². The molecule has 1 aliphatic heterocycles. The smallest absolute Gasteiger partial charge is 0.231 e. The molecule has 1 aliphatic rings. The number of nitrogens with zero attached hydrogens (tertiary/aromatic N) is 4. The van der Waals surface area contributed by atoms with Crippen LogP contribution in [0, 0.1) is 6.92 Å². The maximum atomic E-state index is 5.38. The van der Waals surface area contributed by atoms with Crippen molar-refractivity contribution in [2.24, 2.45) is 7.05 Å². The van der Waals surface area contributed by atoms with Gasteiger partial charge in [-0.2, -0.15) is 5.10 Å². The number of hydrogen-bond donors (Lipinski definition) is 1. The van der Waals surface area contributed by atoms with E-state index in [2.05, 4.69) is 20.4 Å². The molecule has 0 atom stereocenters. The third-order valence-corrected chi connectivity index (χ3v) is 3.42. The quantitative estimate of drug-likeness (QED) is 0.776. The zero-order chi connectivity index (χ0) is 14.4. The number of anilines is 2. The first kappa shape index (κ1) is 12.0. The highest BCUT2D eigenvalue weighted by Crippen LogP contribution is 2.35. The van der Waals surface area contributed by atoms with Gasteiger partial charge in [0, 0.05) is 18.8 Å². The summed E-state index contributed by atoms with van der Waals surface area (Å²) in [6, 6.07) is 5.68. The van der Waals surface area contributed by atoms with Crippen LogP contribution in [-0.4, -0.2) is 26.5 Å². The second-order valence-electron chi connectivity index (χ2n) is 4.82. The molecule has 0 spiro atoms. The fraction of sp³-hybridized carbons (Fsp3) is 0.214. The van der Waals surface area contributed by atoms with Crippen molar-refractivity contribution in [2.75, 3.05) is 12.1 Å². The van der Waals surface area contributed by atoms with E-state index in [1.807, 2.05) is 32.2 Å². The van der Waals surface area contributed by atoms with E-state index in [-0.39, 0.29) is 6.79 Å². The van der Waals surface area contributed by atoms with Gasteiger partial charge in [0.1, 0.15) is 17.4 Å². The Bertz CT molecular complexity index is 843. The van der Waals surface area contributed by atoms with Crippen LogP contribution in [0.2, 0.25) is 0 Å². The molecule has 7 heteroatoms. The van der Waals surface area contributed by atoms with Crippen LogP contribution in [0.3, 0.4) is 0 Å². The van der Waals surface area contributed by atoms with Crippen LogP contribution in [0.4, 0.5) is 11.5 Å². The van der Waals surface area contributed by atoms with Crippen LogP contribution in [0.25, 0.3) is 11.0 Å². The Morgan fingerprint density at radius 2 is 2.05 bits per heavy atom. The number of rotatable bonds is 2. The average Bonchev–Trinajstić information content (AvgIpc) is 3.04. The van der Waals surface area contributed by atoms with Gasteiger partial charge in [0.2, 0.25) is 6.79 Å². The second-order valence-corrected chi connectivity index (χ2v) is 4.82. The van der Waals surface area contributed by atoms with E-state index in [1.54, 1.807) is 4.68 Å². The number of hydrogen-bond acceptors (Lipinski definition) is 6. The summed E-state index contributed by atoms with van der Waals surface area (Å²) >= 11 is 0. The summed E-state index contributed by atoms with van der Waals surface area (Å²) in [5.74, 6) is 2.19. The van der Waals surface area contributed by atoms with Crippen LogP contribution >= 0.6 is 0 Å². The molecular formula is C14H13N5O2. The first-order chi connectivity index (χ1) is 10.2. The maximum absolute atomic E-state index is 5.38. The first-order valence-electron chi connectivity index (χ1n) is 6.53. The van der Waals surface area contributed by atoms with Crippen LogP contribution in [0.1, 0.15) is 5.69 Å². The largest absolute Gasteiger partial charge is 0.454 e. The van der Waals surface area contributed by atoms with E-state index in [0.29, 0.717) is 5.82 Å². The highest BCUT2D eigenvalue weighted by molar-refractivity contribution is 5.89. The molecule has 21 heavy (non-hydrogen) atoms. The van der Waals surface area contributed by atoms with Gasteiger partial charge < -0.3 is 14.8 Å². The minimum Gasteiger partial charge on any atom is -0.454 e. The lowest BCUT2D eigenvalue weighted by atomic mass is 10.2. The molecule has 2 aromatic heterocycles. The fourth-order valence-corrected chi connectivity index (χ4v) is 2.47. The summed E-state index contributed by atoms with van der Waals surface area (Å²) in [6.45, 7) is 2.19. The van der Waals surface area contributed by atoms with Gasteiger partial charge >= 0.3 is 0 Å². The van der Waals surface area contributed by atoms with Gasteiger partial charge in [-0.3, -0.25) is 4.68 Å². The van der Waals surface area contributed by atoms with Gasteiger partial charge in [-0.15, -0.1) is 0 Å². The van der Waals surface area contributed by atoms with Crippen molar-refractivity contribution >= 4 is 22.5 Å². The second kappa shape index (κ2) is 4.34. The number of aryl methyl sites for hydroxylation is 2. The lowest BCUT2D eigenvalue weighted by molar-refractivity contribution is 0.174. The Labute approximate surface area is 120 Å². The summed E-state index contributed by atoms with van der Waals surface area (Å²) in [7, 11) is 1.88. The molecule has 3 aromatic rings. The van der Waals surface area contributed by atoms with Crippen LogP contribution in [0.15, 0.2) is 24.5 Å². The summed E-state index contributed by atoms with van der Waals surface area (Å²) in [5.41, 5.74) is 3.46. The van der Waals surface area contributed by atoms with Gasteiger partial charge in [0.25, 0.3) is 0 Å². The molecule has 1 N–H and O–H groups in total. The summed E-state index contributed by atoms with van der Waals surface area (Å²) < 4.78 is 12.5. The van der Waals surface area contributed by atoms with Gasteiger partial charge in [0.15, 0.2) is 17.3 Å². The highest BCUT2D eigenvalue weighted by Gasteiger charge is 2.15. The lowest BCUT2D eigenvalue weighted by Gasteiger charge is -2.08. The van der Waals surface area contributed by atoms with Gasteiger partial charge in [-0.05, 0) is 19.1 Å². The van der Waals surface area contributed by atoms with Crippen molar-refractivity contribution in [1.29, 1.82) is 0 Å². The van der Waals surface area contributed by atoms with Crippen molar-refractivity contribution in [1.82, 2.24) is 19.7 Å².